The molecule has 5 aromatic rings. The second-order valence-electron chi connectivity index (χ2n) is 7.96. The van der Waals surface area contributed by atoms with E-state index >= 15 is 0 Å². The third kappa shape index (κ3) is 4.72. The number of benzene rings is 5. The first-order valence-electron chi connectivity index (χ1n) is 11.2. The molecule has 0 fully saturated rings. The van der Waals surface area contributed by atoms with Gasteiger partial charge in [0.2, 0.25) is 0 Å². The predicted molar refractivity (Wildman–Crippen MR) is 152 cm³/mol. The SMILES string of the molecule is Bc1cccc(P(c2ccccc2)c2ccccc2)c1P(c1ccccc1)c1ccccc1. The highest BCUT2D eigenvalue weighted by Crippen LogP contribution is 2.38. The van der Waals surface area contributed by atoms with Crippen molar-refractivity contribution < 1.29 is 0 Å². The molecule has 5 aromatic carbocycles. The summed E-state index contributed by atoms with van der Waals surface area (Å²) >= 11 is 0. The van der Waals surface area contributed by atoms with Crippen LogP contribution in [0.3, 0.4) is 0 Å². The van der Waals surface area contributed by atoms with Crippen LogP contribution in [0.1, 0.15) is 0 Å². The molecule has 0 aliphatic heterocycles. The monoisotopic (exact) mass is 458 g/mol. The molecule has 0 spiro atoms. The molecule has 0 amide bonds. The zero-order valence-corrected chi connectivity index (χ0v) is 20.5. The molecular formula is C30H25BP2. The normalized spacial score (nSPS) is 11.1. The van der Waals surface area contributed by atoms with Gasteiger partial charge < -0.3 is 0 Å². The van der Waals surface area contributed by atoms with Gasteiger partial charge in [0.05, 0.1) is 0 Å². The summed E-state index contributed by atoms with van der Waals surface area (Å²) in [5, 5.41) is 8.52. The first-order chi connectivity index (χ1) is 16.3. The van der Waals surface area contributed by atoms with E-state index in [-0.39, 0.29) is 0 Å². The van der Waals surface area contributed by atoms with Gasteiger partial charge in [0, 0.05) is 0 Å². The van der Waals surface area contributed by atoms with Gasteiger partial charge in [-0.15, -0.1) is 0 Å². The second-order valence-corrected chi connectivity index (χ2v) is 12.3. The van der Waals surface area contributed by atoms with Crippen molar-refractivity contribution >= 4 is 61.0 Å². The number of hydrogen-bond donors (Lipinski definition) is 0. The summed E-state index contributed by atoms with van der Waals surface area (Å²) in [5.41, 5.74) is 1.37. The summed E-state index contributed by atoms with van der Waals surface area (Å²) in [6.45, 7) is 0. The van der Waals surface area contributed by atoms with E-state index in [0.29, 0.717) is 0 Å². The molecule has 0 atom stereocenters. The van der Waals surface area contributed by atoms with Crippen LogP contribution >= 0.6 is 15.8 Å². The minimum absolute atomic E-state index is 0.680. The lowest BCUT2D eigenvalue weighted by molar-refractivity contribution is 1.74. The van der Waals surface area contributed by atoms with E-state index in [1.54, 1.807) is 0 Å². The molecule has 0 saturated carbocycles. The molecule has 0 aromatic heterocycles. The molecule has 0 unspecified atom stereocenters. The topological polar surface area (TPSA) is 0 Å². The lowest BCUT2D eigenvalue weighted by Crippen LogP contribution is -2.42. The number of hydrogen-bond acceptors (Lipinski definition) is 0. The van der Waals surface area contributed by atoms with Crippen LogP contribution in [0.25, 0.3) is 0 Å². The smallest absolute Gasteiger partial charge is 0.0801 e. The van der Waals surface area contributed by atoms with Crippen LogP contribution in [0.2, 0.25) is 0 Å². The van der Waals surface area contributed by atoms with Gasteiger partial charge in [-0.1, -0.05) is 145 Å². The van der Waals surface area contributed by atoms with Gasteiger partial charge in [0.1, 0.15) is 7.85 Å². The highest BCUT2D eigenvalue weighted by molar-refractivity contribution is 7.85. The summed E-state index contributed by atoms with van der Waals surface area (Å²) in [6.07, 6.45) is 0. The van der Waals surface area contributed by atoms with E-state index in [1.165, 1.54) is 37.3 Å². The van der Waals surface area contributed by atoms with E-state index in [9.17, 15) is 0 Å². The average Bonchev–Trinajstić information content (AvgIpc) is 2.89. The fourth-order valence-corrected chi connectivity index (χ4v) is 9.76. The zero-order valence-electron chi connectivity index (χ0n) is 18.7. The van der Waals surface area contributed by atoms with Crippen molar-refractivity contribution in [3.05, 3.63) is 140 Å². The van der Waals surface area contributed by atoms with Crippen molar-refractivity contribution in [2.75, 3.05) is 0 Å². The van der Waals surface area contributed by atoms with Gasteiger partial charge in [-0.25, -0.2) is 0 Å². The number of rotatable bonds is 6. The standard InChI is InChI=1S/C30H25BP2/c31-28-22-13-23-29(32(24-14-5-1-6-15-24)25-16-7-2-8-17-25)30(28)33(26-18-9-3-10-19-26)27-20-11-4-12-21-27/h1-23H,31H2. The van der Waals surface area contributed by atoms with Crippen LogP contribution in [0.5, 0.6) is 0 Å². The Bertz CT molecular complexity index is 1230. The molecule has 158 valence electrons. The average molecular weight is 458 g/mol. The summed E-state index contributed by atoms with van der Waals surface area (Å²) in [5.74, 6) is 0. The Morgan fingerprint density at radius 2 is 0.727 bits per heavy atom. The Kier molecular flexibility index (Phi) is 6.83. The van der Waals surface area contributed by atoms with E-state index in [0.717, 1.165) is 0 Å². The lowest BCUT2D eigenvalue weighted by atomic mass is 9.96. The van der Waals surface area contributed by atoms with Crippen molar-refractivity contribution in [1.29, 1.82) is 0 Å². The van der Waals surface area contributed by atoms with Crippen LogP contribution in [-0.2, 0) is 0 Å². The Hall–Kier alpha value is -2.98. The molecule has 0 bridgehead atoms. The Balaban J connectivity index is 1.79. The van der Waals surface area contributed by atoms with Gasteiger partial charge in [-0.3, -0.25) is 0 Å². The molecule has 5 rings (SSSR count). The van der Waals surface area contributed by atoms with Crippen molar-refractivity contribution in [1.82, 2.24) is 0 Å². The summed E-state index contributed by atoms with van der Waals surface area (Å²) in [4.78, 5) is 0. The predicted octanol–water partition coefficient (Wildman–Crippen LogP) is 3.46. The molecule has 3 heteroatoms. The molecule has 0 aliphatic carbocycles. The van der Waals surface area contributed by atoms with E-state index in [2.05, 4.69) is 147 Å². The maximum Gasteiger partial charge on any atom is 0.140 e. The summed E-state index contributed by atoms with van der Waals surface area (Å²) in [6, 6.07) is 51.0. The molecule has 0 radical (unpaired) electrons. The highest BCUT2D eigenvalue weighted by atomic mass is 31.1. The fourth-order valence-electron chi connectivity index (χ4n) is 4.26. The van der Waals surface area contributed by atoms with Crippen molar-refractivity contribution in [2.24, 2.45) is 0 Å². The van der Waals surface area contributed by atoms with Gasteiger partial charge >= 0.3 is 0 Å². The van der Waals surface area contributed by atoms with Gasteiger partial charge in [0.15, 0.2) is 0 Å². The lowest BCUT2D eigenvalue weighted by Gasteiger charge is -2.29. The maximum absolute atomic E-state index is 2.37. The van der Waals surface area contributed by atoms with Crippen molar-refractivity contribution in [3.8, 4) is 0 Å². The molecule has 0 aliphatic rings. The summed E-state index contributed by atoms with van der Waals surface area (Å²) < 4.78 is 0. The van der Waals surface area contributed by atoms with Gasteiger partial charge in [-0.2, -0.15) is 0 Å². The third-order valence-corrected chi connectivity index (χ3v) is 11.1. The third-order valence-electron chi connectivity index (χ3n) is 5.74. The van der Waals surface area contributed by atoms with Crippen LogP contribution < -0.4 is 37.3 Å². The van der Waals surface area contributed by atoms with E-state index in [1.807, 2.05) is 0 Å². The minimum Gasteiger partial charge on any atom is -0.0801 e. The Morgan fingerprint density at radius 3 is 1.12 bits per heavy atom. The van der Waals surface area contributed by atoms with Crippen molar-refractivity contribution in [2.45, 2.75) is 0 Å². The fraction of sp³-hybridized carbons (Fsp3) is 0. The molecule has 0 saturated heterocycles. The van der Waals surface area contributed by atoms with Gasteiger partial charge in [0.25, 0.3) is 0 Å². The molecule has 33 heavy (non-hydrogen) atoms. The van der Waals surface area contributed by atoms with Crippen LogP contribution in [0.4, 0.5) is 0 Å². The first-order valence-corrected chi connectivity index (χ1v) is 13.9. The Labute approximate surface area is 200 Å². The second kappa shape index (κ2) is 10.3. The quantitative estimate of drug-likeness (QED) is 0.270. The molecular weight excluding hydrogens is 433 g/mol. The Morgan fingerprint density at radius 1 is 0.364 bits per heavy atom. The molecule has 0 nitrogen and oxygen atoms in total. The van der Waals surface area contributed by atoms with Crippen LogP contribution in [-0.4, -0.2) is 7.85 Å². The first kappa shape index (κ1) is 21.8. The largest absolute Gasteiger partial charge is 0.140 e. The zero-order chi connectivity index (χ0) is 22.5. The van der Waals surface area contributed by atoms with Crippen molar-refractivity contribution in [3.63, 3.8) is 0 Å². The maximum atomic E-state index is 2.37. The van der Waals surface area contributed by atoms with Crippen LogP contribution in [0.15, 0.2) is 140 Å². The van der Waals surface area contributed by atoms with Crippen LogP contribution in [0, 0.1) is 0 Å². The highest BCUT2D eigenvalue weighted by Gasteiger charge is 2.26. The molecule has 0 N–H and O–H groups in total. The molecule has 0 heterocycles. The van der Waals surface area contributed by atoms with E-state index in [4.69, 9.17) is 0 Å². The minimum atomic E-state index is -0.685. The van der Waals surface area contributed by atoms with E-state index < -0.39 is 15.8 Å². The summed E-state index contributed by atoms with van der Waals surface area (Å²) in [7, 11) is 0.917. The van der Waals surface area contributed by atoms with Gasteiger partial charge in [-0.05, 0) is 47.7 Å².